The first-order valence-corrected chi connectivity index (χ1v) is 8.29. The number of rotatable bonds is 8. The molecule has 0 aliphatic rings. The maximum atomic E-state index is 12.4. The molecule has 0 radical (unpaired) electrons. The summed E-state index contributed by atoms with van der Waals surface area (Å²) in [4.78, 5) is 12.4. The molecule has 0 spiro atoms. The molecule has 23 heavy (non-hydrogen) atoms. The average Bonchev–Trinajstić information content (AvgIpc) is 3.01. The van der Waals surface area contributed by atoms with Crippen molar-refractivity contribution in [1.29, 1.82) is 0 Å². The molecule has 0 bridgehead atoms. The maximum Gasteiger partial charge on any atom is 0.251 e. The van der Waals surface area contributed by atoms with E-state index in [1.807, 2.05) is 31.2 Å². The minimum absolute atomic E-state index is 0.0486. The van der Waals surface area contributed by atoms with Gasteiger partial charge in [-0.15, -0.1) is 5.10 Å². The van der Waals surface area contributed by atoms with E-state index >= 15 is 0 Å². The first-order chi connectivity index (χ1) is 11.2. The van der Waals surface area contributed by atoms with Gasteiger partial charge in [0, 0.05) is 12.1 Å². The third kappa shape index (κ3) is 4.61. The van der Waals surface area contributed by atoms with Crippen molar-refractivity contribution in [1.82, 2.24) is 25.5 Å². The molecule has 0 aliphatic carbocycles. The Hall–Kier alpha value is -2.24. The van der Waals surface area contributed by atoms with Crippen molar-refractivity contribution in [2.45, 2.75) is 46.5 Å². The lowest BCUT2D eigenvalue weighted by Gasteiger charge is -2.15. The van der Waals surface area contributed by atoms with Crippen LogP contribution in [0, 0.1) is 12.8 Å². The summed E-state index contributed by atoms with van der Waals surface area (Å²) in [6, 6.07) is 7.35. The molecule has 0 fully saturated rings. The molecule has 2 aromatic rings. The molecule has 1 aromatic carbocycles. The number of nitrogens with zero attached hydrogens (tertiary/aromatic N) is 4. The van der Waals surface area contributed by atoms with Crippen molar-refractivity contribution in [2.75, 3.05) is 6.54 Å². The molecule has 1 heterocycles. The number of tetrazole rings is 1. The van der Waals surface area contributed by atoms with Crippen LogP contribution in [-0.2, 0) is 0 Å². The van der Waals surface area contributed by atoms with Gasteiger partial charge in [0.25, 0.3) is 5.91 Å². The van der Waals surface area contributed by atoms with E-state index in [4.69, 9.17) is 0 Å². The van der Waals surface area contributed by atoms with Gasteiger partial charge in [-0.05, 0) is 47.9 Å². The van der Waals surface area contributed by atoms with Crippen LogP contribution in [0.3, 0.4) is 0 Å². The molecule has 1 aromatic heterocycles. The lowest BCUT2D eigenvalue weighted by molar-refractivity contribution is 0.0946. The van der Waals surface area contributed by atoms with Crippen LogP contribution in [0.1, 0.15) is 55.7 Å². The zero-order valence-corrected chi connectivity index (χ0v) is 14.1. The molecule has 1 amide bonds. The summed E-state index contributed by atoms with van der Waals surface area (Å²) >= 11 is 0. The van der Waals surface area contributed by atoms with Gasteiger partial charge in [0.15, 0.2) is 5.82 Å². The minimum atomic E-state index is -0.0486. The van der Waals surface area contributed by atoms with Gasteiger partial charge in [0.2, 0.25) is 0 Å². The van der Waals surface area contributed by atoms with Gasteiger partial charge in [-0.2, -0.15) is 4.68 Å². The fourth-order valence-corrected chi connectivity index (χ4v) is 2.53. The molecule has 2 rings (SSSR count). The summed E-state index contributed by atoms with van der Waals surface area (Å²) in [6.07, 6.45) is 4.65. The minimum Gasteiger partial charge on any atom is -0.352 e. The van der Waals surface area contributed by atoms with Crippen LogP contribution in [0.15, 0.2) is 24.3 Å². The Morgan fingerprint density at radius 1 is 1.35 bits per heavy atom. The van der Waals surface area contributed by atoms with Crippen molar-refractivity contribution in [3.05, 3.63) is 35.7 Å². The zero-order valence-electron chi connectivity index (χ0n) is 14.1. The summed E-state index contributed by atoms with van der Waals surface area (Å²) in [5.41, 5.74) is 1.42. The van der Waals surface area contributed by atoms with Crippen LogP contribution in [0.5, 0.6) is 0 Å². The topological polar surface area (TPSA) is 72.7 Å². The predicted molar refractivity (Wildman–Crippen MR) is 89.5 cm³/mol. The quantitative estimate of drug-likeness (QED) is 0.813. The van der Waals surface area contributed by atoms with E-state index in [0.717, 1.165) is 25.1 Å². The highest BCUT2D eigenvalue weighted by molar-refractivity contribution is 5.94. The number of nitrogens with one attached hydrogen (secondary N) is 1. The predicted octanol–water partition coefficient (Wildman–Crippen LogP) is 2.92. The highest BCUT2D eigenvalue weighted by Gasteiger charge is 2.11. The second-order valence-electron chi connectivity index (χ2n) is 5.81. The van der Waals surface area contributed by atoms with Crippen LogP contribution in [-0.4, -0.2) is 32.7 Å². The molecule has 1 unspecified atom stereocenters. The largest absolute Gasteiger partial charge is 0.352 e. The molecule has 0 saturated heterocycles. The van der Waals surface area contributed by atoms with E-state index in [9.17, 15) is 4.79 Å². The van der Waals surface area contributed by atoms with E-state index < -0.39 is 0 Å². The lowest BCUT2D eigenvalue weighted by atomic mass is 9.99. The van der Waals surface area contributed by atoms with E-state index in [0.29, 0.717) is 17.3 Å². The maximum absolute atomic E-state index is 12.4. The smallest absolute Gasteiger partial charge is 0.251 e. The Labute approximate surface area is 137 Å². The summed E-state index contributed by atoms with van der Waals surface area (Å²) < 4.78 is 1.62. The van der Waals surface area contributed by atoms with Crippen molar-refractivity contribution in [3.63, 3.8) is 0 Å². The third-order valence-corrected chi connectivity index (χ3v) is 4.07. The average molecular weight is 315 g/mol. The fourth-order valence-electron chi connectivity index (χ4n) is 2.53. The number of hydrogen-bond donors (Lipinski definition) is 1. The van der Waals surface area contributed by atoms with Gasteiger partial charge < -0.3 is 5.32 Å². The number of aromatic nitrogens is 4. The SMILES string of the molecule is CCCCC(CC)CNC(=O)c1cccc(-n2nnnc2C)c1. The van der Waals surface area contributed by atoms with E-state index in [-0.39, 0.29) is 5.91 Å². The van der Waals surface area contributed by atoms with E-state index in [1.54, 1.807) is 4.68 Å². The number of amides is 1. The Bertz CT molecular complexity index is 637. The van der Waals surface area contributed by atoms with Crippen LogP contribution in [0.25, 0.3) is 5.69 Å². The lowest BCUT2D eigenvalue weighted by Crippen LogP contribution is -2.29. The number of carbonyl (C=O) groups is 1. The molecular formula is C17H25N5O. The van der Waals surface area contributed by atoms with Crippen LogP contribution in [0.4, 0.5) is 0 Å². The summed E-state index contributed by atoms with van der Waals surface area (Å²) in [5.74, 6) is 1.18. The van der Waals surface area contributed by atoms with E-state index in [1.165, 1.54) is 12.8 Å². The van der Waals surface area contributed by atoms with Gasteiger partial charge >= 0.3 is 0 Å². The number of hydrogen-bond acceptors (Lipinski definition) is 4. The first kappa shape index (κ1) is 17.1. The second kappa shape index (κ2) is 8.41. The molecule has 6 heteroatoms. The Morgan fingerprint density at radius 3 is 2.83 bits per heavy atom. The highest BCUT2D eigenvalue weighted by atomic mass is 16.1. The third-order valence-electron chi connectivity index (χ3n) is 4.07. The van der Waals surface area contributed by atoms with Crippen molar-refractivity contribution < 1.29 is 4.79 Å². The molecule has 6 nitrogen and oxygen atoms in total. The fraction of sp³-hybridized carbons (Fsp3) is 0.529. The molecule has 1 atom stereocenters. The molecule has 0 saturated carbocycles. The summed E-state index contributed by atoms with van der Waals surface area (Å²) in [7, 11) is 0. The molecule has 124 valence electrons. The Morgan fingerprint density at radius 2 is 2.17 bits per heavy atom. The van der Waals surface area contributed by atoms with Crippen molar-refractivity contribution >= 4 is 5.91 Å². The molecule has 1 N–H and O–H groups in total. The van der Waals surface area contributed by atoms with Gasteiger partial charge in [-0.3, -0.25) is 4.79 Å². The number of unbranched alkanes of at least 4 members (excludes halogenated alkanes) is 1. The number of carbonyl (C=O) groups excluding carboxylic acids is 1. The Kier molecular flexibility index (Phi) is 6.26. The Balaban J connectivity index is 2.01. The molecular weight excluding hydrogens is 290 g/mol. The van der Waals surface area contributed by atoms with Gasteiger partial charge in [0.05, 0.1) is 5.69 Å². The van der Waals surface area contributed by atoms with Crippen LogP contribution < -0.4 is 5.32 Å². The van der Waals surface area contributed by atoms with Crippen molar-refractivity contribution in [3.8, 4) is 5.69 Å². The second-order valence-corrected chi connectivity index (χ2v) is 5.81. The standard InChI is InChI=1S/C17H25N5O/c1-4-6-8-14(5-2)12-18-17(23)15-9-7-10-16(11-15)22-13(3)19-20-21-22/h7,9-11,14H,4-6,8,12H2,1-3H3,(H,18,23). The first-order valence-electron chi connectivity index (χ1n) is 8.29. The number of benzene rings is 1. The monoisotopic (exact) mass is 315 g/mol. The summed E-state index contributed by atoms with van der Waals surface area (Å²) in [6.45, 7) is 6.92. The molecule has 0 aliphatic heterocycles. The van der Waals surface area contributed by atoms with Crippen LogP contribution in [0.2, 0.25) is 0 Å². The van der Waals surface area contributed by atoms with E-state index in [2.05, 4.69) is 34.7 Å². The highest BCUT2D eigenvalue weighted by Crippen LogP contribution is 2.13. The van der Waals surface area contributed by atoms with Crippen LogP contribution >= 0.6 is 0 Å². The van der Waals surface area contributed by atoms with Gasteiger partial charge in [-0.25, -0.2) is 0 Å². The zero-order chi connectivity index (χ0) is 16.7. The van der Waals surface area contributed by atoms with Gasteiger partial charge in [-0.1, -0.05) is 39.2 Å². The van der Waals surface area contributed by atoms with Crippen molar-refractivity contribution in [2.24, 2.45) is 5.92 Å². The normalized spacial score (nSPS) is 12.1. The summed E-state index contributed by atoms with van der Waals surface area (Å²) in [5, 5.41) is 14.5. The van der Waals surface area contributed by atoms with Gasteiger partial charge in [0.1, 0.15) is 0 Å². The number of aryl methyl sites for hydroxylation is 1.